The van der Waals surface area contributed by atoms with E-state index in [0.717, 1.165) is 31.4 Å². The minimum absolute atomic E-state index is 0.750. The normalized spacial score (nSPS) is 14.5. The molecule has 3 rings (SSSR count). The molecule has 1 N–H and O–H groups in total. The van der Waals surface area contributed by atoms with E-state index in [1.54, 1.807) is 11.3 Å². The van der Waals surface area contributed by atoms with Gasteiger partial charge in [-0.3, -0.25) is 0 Å². The van der Waals surface area contributed by atoms with Crippen LogP contribution < -0.4 is 10.1 Å². The van der Waals surface area contributed by atoms with Crippen LogP contribution in [-0.2, 0) is 13.0 Å². The fourth-order valence-corrected chi connectivity index (χ4v) is 2.67. The van der Waals surface area contributed by atoms with Gasteiger partial charge in [-0.1, -0.05) is 18.2 Å². The molecule has 0 radical (unpaired) electrons. The Balaban J connectivity index is 1.42. The summed E-state index contributed by atoms with van der Waals surface area (Å²) in [7, 11) is 0. The third-order valence-corrected chi connectivity index (χ3v) is 4.23. The average Bonchev–Trinajstić information content (AvgIpc) is 3.13. The smallest absolute Gasteiger partial charge is 0.119 e. The van der Waals surface area contributed by atoms with E-state index >= 15 is 0 Å². The molecular formula is C16H19NOS. The van der Waals surface area contributed by atoms with E-state index in [0.29, 0.717) is 0 Å². The highest BCUT2D eigenvalue weighted by atomic mass is 32.1. The van der Waals surface area contributed by atoms with Crippen LogP contribution in [0.15, 0.2) is 41.8 Å². The van der Waals surface area contributed by atoms with Gasteiger partial charge in [-0.25, -0.2) is 0 Å². The first kappa shape index (κ1) is 12.7. The SMILES string of the molecule is c1csc(CCOc2ccc(CNC3CC3)cc2)c1. The van der Waals surface area contributed by atoms with Crippen LogP contribution in [0.3, 0.4) is 0 Å². The largest absolute Gasteiger partial charge is 0.493 e. The third kappa shape index (κ3) is 4.08. The number of hydrogen-bond acceptors (Lipinski definition) is 3. The van der Waals surface area contributed by atoms with Crippen molar-refractivity contribution in [3.63, 3.8) is 0 Å². The van der Waals surface area contributed by atoms with E-state index in [1.165, 1.54) is 23.3 Å². The maximum Gasteiger partial charge on any atom is 0.119 e. The molecule has 1 saturated carbocycles. The number of benzene rings is 1. The van der Waals surface area contributed by atoms with E-state index < -0.39 is 0 Å². The van der Waals surface area contributed by atoms with Gasteiger partial charge in [-0.15, -0.1) is 11.3 Å². The molecule has 1 aromatic heterocycles. The second kappa shape index (κ2) is 6.22. The van der Waals surface area contributed by atoms with Crippen molar-refractivity contribution in [2.45, 2.75) is 31.8 Å². The summed E-state index contributed by atoms with van der Waals surface area (Å²) in [5.41, 5.74) is 1.33. The van der Waals surface area contributed by atoms with Crippen molar-refractivity contribution in [1.29, 1.82) is 0 Å². The van der Waals surface area contributed by atoms with Gasteiger partial charge < -0.3 is 10.1 Å². The van der Waals surface area contributed by atoms with Crippen LogP contribution in [0.5, 0.6) is 5.75 Å². The summed E-state index contributed by atoms with van der Waals surface area (Å²) < 4.78 is 5.76. The zero-order chi connectivity index (χ0) is 12.9. The van der Waals surface area contributed by atoms with Gasteiger partial charge in [0.1, 0.15) is 5.75 Å². The monoisotopic (exact) mass is 273 g/mol. The molecule has 1 aliphatic carbocycles. The Morgan fingerprint density at radius 2 is 2.00 bits per heavy atom. The van der Waals surface area contributed by atoms with Crippen LogP contribution in [0.25, 0.3) is 0 Å². The molecule has 2 nitrogen and oxygen atoms in total. The fourth-order valence-electron chi connectivity index (χ4n) is 1.98. The number of hydrogen-bond donors (Lipinski definition) is 1. The minimum atomic E-state index is 0.750. The molecular weight excluding hydrogens is 254 g/mol. The Kier molecular flexibility index (Phi) is 4.16. The van der Waals surface area contributed by atoms with E-state index in [-0.39, 0.29) is 0 Å². The molecule has 0 saturated heterocycles. The fraction of sp³-hybridized carbons (Fsp3) is 0.375. The predicted octanol–water partition coefficient (Wildman–Crippen LogP) is 3.62. The highest BCUT2D eigenvalue weighted by molar-refractivity contribution is 7.09. The van der Waals surface area contributed by atoms with Gasteiger partial charge in [0.05, 0.1) is 6.61 Å². The van der Waals surface area contributed by atoms with Crippen LogP contribution in [-0.4, -0.2) is 12.6 Å². The molecule has 3 heteroatoms. The average molecular weight is 273 g/mol. The third-order valence-electron chi connectivity index (χ3n) is 3.29. The lowest BCUT2D eigenvalue weighted by molar-refractivity contribution is 0.323. The second-order valence-electron chi connectivity index (χ2n) is 4.98. The summed E-state index contributed by atoms with van der Waals surface area (Å²) in [5, 5.41) is 5.62. The van der Waals surface area contributed by atoms with E-state index in [4.69, 9.17) is 4.74 Å². The van der Waals surface area contributed by atoms with Crippen LogP contribution in [0.1, 0.15) is 23.3 Å². The number of nitrogens with one attached hydrogen (secondary N) is 1. The van der Waals surface area contributed by atoms with Crippen LogP contribution in [0.4, 0.5) is 0 Å². The standard InChI is InChI=1S/C16H19NOS/c1-2-16(19-11-1)9-10-18-15-7-3-13(4-8-15)12-17-14-5-6-14/h1-4,7-8,11,14,17H,5-6,9-10,12H2. The Hall–Kier alpha value is -1.32. The van der Waals surface area contributed by atoms with Gasteiger partial charge in [0.15, 0.2) is 0 Å². The molecule has 1 heterocycles. The predicted molar refractivity (Wildman–Crippen MR) is 79.8 cm³/mol. The molecule has 1 fully saturated rings. The molecule has 1 aliphatic rings. The van der Waals surface area contributed by atoms with Crippen LogP contribution >= 0.6 is 11.3 Å². The topological polar surface area (TPSA) is 21.3 Å². The lowest BCUT2D eigenvalue weighted by Crippen LogP contribution is -2.15. The molecule has 19 heavy (non-hydrogen) atoms. The van der Waals surface area contributed by atoms with E-state index in [2.05, 4.69) is 47.1 Å². The van der Waals surface area contributed by atoms with Crippen molar-refractivity contribution in [2.24, 2.45) is 0 Å². The molecule has 0 unspecified atom stereocenters. The summed E-state index contributed by atoms with van der Waals surface area (Å²) in [6.45, 7) is 1.72. The minimum Gasteiger partial charge on any atom is -0.493 e. The molecule has 0 bridgehead atoms. The van der Waals surface area contributed by atoms with E-state index in [1.807, 2.05) is 0 Å². The van der Waals surface area contributed by atoms with Crippen molar-refractivity contribution in [3.8, 4) is 5.75 Å². The number of ether oxygens (including phenoxy) is 1. The van der Waals surface area contributed by atoms with Gasteiger partial charge >= 0.3 is 0 Å². The van der Waals surface area contributed by atoms with Gasteiger partial charge in [0.2, 0.25) is 0 Å². The van der Waals surface area contributed by atoms with Crippen molar-refractivity contribution >= 4 is 11.3 Å². The lowest BCUT2D eigenvalue weighted by Gasteiger charge is -2.07. The maximum atomic E-state index is 5.76. The number of rotatable bonds is 7. The van der Waals surface area contributed by atoms with Gasteiger partial charge in [-0.05, 0) is 42.0 Å². The zero-order valence-corrected chi connectivity index (χ0v) is 11.8. The zero-order valence-electron chi connectivity index (χ0n) is 11.0. The first-order valence-corrected chi connectivity index (χ1v) is 7.75. The second-order valence-corrected chi connectivity index (χ2v) is 6.01. The summed E-state index contributed by atoms with van der Waals surface area (Å²) in [6.07, 6.45) is 3.66. The molecule has 0 amide bonds. The highest BCUT2D eigenvalue weighted by Gasteiger charge is 2.19. The maximum absolute atomic E-state index is 5.76. The molecule has 2 aromatic rings. The first-order chi connectivity index (χ1) is 9.40. The van der Waals surface area contributed by atoms with Crippen molar-refractivity contribution < 1.29 is 4.74 Å². The van der Waals surface area contributed by atoms with Crippen molar-refractivity contribution in [3.05, 3.63) is 52.2 Å². The van der Waals surface area contributed by atoms with Crippen molar-refractivity contribution in [1.82, 2.24) is 5.32 Å². The molecule has 0 atom stereocenters. The Morgan fingerprint density at radius 1 is 1.16 bits per heavy atom. The Morgan fingerprint density at radius 3 is 2.68 bits per heavy atom. The van der Waals surface area contributed by atoms with Crippen LogP contribution in [0.2, 0.25) is 0 Å². The number of thiophene rings is 1. The van der Waals surface area contributed by atoms with Crippen LogP contribution in [0, 0.1) is 0 Å². The molecule has 100 valence electrons. The van der Waals surface area contributed by atoms with E-state index in [9.17, 15) is 0 Å². The van der Waals surface area contributed by atoms with Gasteiger partial charge in [-0.2, -0.15) is 0 Å². The summed E-state index contributed by atoms with van der Waals surface area (Å²) in [6, 6.07) is 13.4. The lowest BCUT2D eigenvalue weighted by atomic mass is 10.2. The molecule has 0 spiro atoms. The highest BCUT2D eigenvalue weighted by Crippen LogP contribution is 2.20. The molecule has 0 aliphatic heterocycles. The Bertz CT molecular complexity index is 488. The van der Waals surface area contributed by atoms with Gasteiger partial charge in [0.25, 0.3) is 0 Å². The first-order valence-electron chi connectivity index (χ1n) is 6.88. The molecule has 1 aromatic carbocycles. The van der Waals surface area contributed by atoms with Gasteiger partial charge in [0, 0.05) is 23.9 Å². The Labute approximate surface area is 118 Å². The summed E-state index contributed by atoms with van der Waals surface area (Å²) in [4.78, 5) is 1.38. The summed E-state index contributed by atoms with van der Waals surface area (Å²) in [5.74, 6) is 0.965. The van der Waals surface area contributed by atoms with Crippen molar-refractivity contribution in [2.75, 3.05) is 6.61 Å². The summed E-state index contributed by atoms with van der Waals surface area (Å²) >= 11 is 1.79. The quantitative estimate of drug-likeness (QED) is 0.832.